The molecule has 0 unspecified atom stereocenters. The minimum absolute atomic E-state index is 0.243. The lowest BCUT2D eigenvalue weighted by Gasteiger charge is -2.20. The average molecular weight is 476 g/mol. The Hall–Kier alpha value is -3.98. The second-order valence-corrected chi connectivity index (χ2v) is 8.54. The van der Waals surface area contributed by atoms with Crippen LogP contribution in [0.5, 0.6) is 0 Å². The topological polar surface area (TPSA) is 91.4 Å². The van der Waals surface area contributed by atoms with E-state index >= 15 is 0 Å². The van der Waals surface area contributed by atoms with Gasteiger partial charge in [0.05, 0.1) is 6.33 Å². The first kappa shape index (κ1) is 24.2. The van der Waals surface area contributed by atoms with Crippen molar-refractivity contribution in [1.82, 2.24) is 23.6 Å². The molecule has 0 aliphatic carbocycles. The van der Waals surface area contributed by atoms with Crippen LogP contribution < -0.4 is 11.2 Å². The van der Waals surface area contributed by atoms with Gasteiger partial charge in [-0.15, -0.1) is 0 Å². The van der Waals surface area contributed by atoms with E-state index in [0.717, 1.165) is 15.7 Å². The van der Waals surface area contributed by atoms with Gasteiger partial charge in [-0.05, 0) is 18.2 Å². The van der Waals surface area contributed by atoms with Crippen molar-refractivity contribution in [1.29, 1.82) is 0 Å². The number of ether oxygens (including phenoxy) is 1. The van der Waals surface area contributed by atoms with Gasteiger partial charge >= 0.3 is 11.7 Å². The van der Waals surface area contributed by atoms with Crippen LogP contribution in [-0.2, 0) is 30.2 Å². The molecule has 4 aromatic rings. The Balaban J connectivity index is 1.37. The average Bonchev–Trinajstić information content (AvgIpc) is 3.30. The van der Waals surface area contributed by atoms with Gasteiger partial charge in [-0.3, -0.25) is 18.7 Å². The smallest absolute Gasteiger partial charge is 0.332 e. The van der Waals surface area contributed by atoms with E-state index in [4.69, 9.17) is 4.74 Å². The van der Waals surface area contributed by atoms with Crippen LogP contribution in [0.1, 0.15) is 17.0 Å². The summed E-state index contributed by atoms with van der Waals surface area (Å²) in [7, 11) is 4.98. The van der Waals surface area contributed by atoms with Gasteiger partial charge in [-0.25, -0.2) is 9.78 Å². The van der Waals surface area contributed by atoms with Crippen molar-refractivity contribution >= 4 is 17.1 Å². The Labute approximate surface area is 202 Å². The number of fused-ring (bicyclic) bond motifs is 1. The number of carbonyl (C=O) groups excluding carboxylic acids is 1. The van der Waals surface area contributed by atoms with Gasteiger partial charge in [-0.2, -0.15) is 0 Å². The maximum Gasteiger partial charge on any atom is 0.332 e. The Morgan fingerprint density at radius 2 is 1.54 bits per heavy atom. The highest BCUT2D eigenvalue weighted by molar-refractivity contribution is 5.82. The molecule has 35 heavy (non-hydrogen) atoms. The molecule has 0 aliphatic rings. The molecule has 0 aliphatic heterocycles. The number of rotatable bonds is 9. The molecule has 0 N–H and O–H groups in total. The summed E-state index contributed by atoms with van der Waals surface area (Å²) in [5, 5.41) is 0. The highest BCUT2D eigenvalue weighted by atomic mass is 16.5. The van der Waals surface area contributed by atoms with Crippen LogP contribution in [0.25, 0.3) is 11.2 Å². The number of hydrogen-bond acceptors (Lipinski definition) is 6. The fraction of sp³-hybridized carbons (Fsp3) is 0.308. The molecular weight excluding hydrogens is 446 g/mol. The van der Waals surface area contributed by atoms with Gasteiger partial charge < -0.3 is 14.2 Å². The number of esters is 1. The predicted molar refractivity (Wildman–Crippen MR) is 133 cm³/mol. The number of nitrogens with zero attached hydrogens (tertiary/aromatic N) is 5. The highest BCUT2D eigenvalue weighted by Gasteiger charge is 2.24. The van der Waals surface area contributed by atoms with Crippen LogP contribution in [0, 0.1) is 0 Å². The molecule has 2 heterocycles. The van der Waals surface area contributed by atoms with Crippen molar-refractivity contribution in [3.05, 3.63) is 99.0 Å². The molecule has 182 valence electrons. The molecule has 0 saturated carbocycles. The zero-order valence-corrected chi connectivity index (χ0v) is 20.1. The number of likely N-dealkylation sites (N-methyl/N-ethyl adjacent to an activating group) is 1. The van der Waals surface area contributed by atoms with E-state index in [1.165, 1.54) is 11.6 Å². The standard InChI is InChI=1S/C26H29N5O4/c1-28(14-15-31-18-27-23-22(31)24(32)30(3)26(34)29(23)2)16-17-35-25(33)21(19-10-6-4-7-11-19)20-12-8-5-9-13-20/h4-13,18,21H,14-17H2,1-3H3. The van der Waals surface area contributed by atoms with Crippen molar-refractivity contribution in [2.24, 2.45) is 14.1 Å². The number of hydrogen-bond donors (Lipinski definition) is 0. The van der Waals surface area contributed by atoms with Gasteiger partial charge in [0.15, 0.2) is 11.2 Å². The van der Waals surface area contributed by atoms with Gasteiger partial charge in [0.25, 0.3) is 5.56 Å². The summed E-state index contributed by atoms with van der Waals surface area (Å²) in [5.41, 5.74) is 1.76. The molecule has 0 atom stereocenters. The van der Waals surface area contributed by atoms with E-state index in [0.29, 0.717) is 30.8 Å². The lowest BCUT2D eigenvalue weighted by molar-refractivity contribution is -0.144. The molecule has 9 nitrogen and oxygen atoms in total. The van der Waals surface area contributed by atoms with Gasteiger partial charge in [0.2, 0.25) is 0 Å². The fourth-order valence-electron chi connectivity index (χ4n) is 4.10. The monoisotopic (exact) mass is 475 g/mol. The quantitative estimate of drug-likeness (QED) is 0.343. The summed E-state index contributed by atoms with van der Waals surface area (Å²) in [6.07, 6.45) is 1.57. The zero-order chi connectivity index (χ0) is 24.9. The Bertz CT molecular complexity index is 1380. The molecule has 0 amide bonds. The summed E-state index contributed by atoms with van der Waals surface area (Å²) in [6, 6.07) is 19.2. The number of aryl methyl sites for hydroxylation is 1. The van der Waals surface area contributed by atoms with E-state index in [2.05, 4.69) is 4.98 Å². The summed E-state index contributed by atoms with van der Waals surface area (Å²) < 4.78 is 9.86. The number of imidazole rings is 1. The van der Waals surface area contributed by atoms with Crippen molar-refractivity contribution in [3.8, 4) is 0 Å². The van der Waals surface area contributed by atoms with Gasteiger partial charge in [0.1, 0.15) is 12.5 Å². The summed E-state index contributed by atoms with van der Waals surface area (Å²) in [5.74, 6) is -0.774. The lowest BCUT2D eigenvalue weighted by Crippen LogP contribution is -2.38. The first-order valence-corrected chi connectivity index (χ1v) is 11.4. The maximum absolute atomic E-state index is 13.0. The lowest BCUT2D eigenvalue weighted by atomic mass is 9.91. The van der Waals surface area contributed by atoms with Crippen molar-refractivity contribution < 1.29 is 9.53 Å². The van der Waals surface area contributed by atoms with Crippen LogP contribution in [0.3, 0.4) is 0 Å². The number of carbonyl (C=O) groups is 1. The molecule has 0 spiro atoms. The number of benzene rings is 2. The maximum atomic E-state index is 13.0. The first-order valence-electron chi connectivity index (χ1n) is 11.4. The van der Waals surface area contributed by atoms with Crippen LogP contribution >= 0.6 is 0 Å². The van der Waals surface area contributed by atoms with Crippen LogP contribution in [-0.4, -0.2) is 56.3 Å². The fourth-order valence-corrected chi connectivity index (χ4v) is 4.10. The molecule has 2 aromatic heterocycles. The molecule has 0 saturated heterocycles. The highest BCUT2D eigenvalue weighted by Crippen LogP contribution is 2.25. The third kappa shape index (κ3) is 5.09. The van der Waals surface area contributed by atoms with Crippen molar-refractivity contribution in [3.63, 3.8) is 0 Å². The molecular formula is C26H29N5O4. The van der Waals surface area contributed by atoms with E-state index in [1.54, 1.807) is 17.9 Å². The predicted octanol–water partition coefficient (Wildman–Crippen LogP) is 1.74. The Morgan fingerprint density at radius 1 is 0.943 bits per heavy atom. The largest absolute Gasteiger partial charge is 0.464 e. The zero-order valence-electron chi connectivity index (χ0n) is 20.1. The summed E-state index contributed by atoms with van der Waals surface area (Å²) in [4.78, 5) is 44.0. The van der Waals surface area contributed by atoms with Gasteiger partial charge in [-0.1, -0.05) is 60.7 Å². The summed E-state index contributed by atoms with van der Waals surface area (Å²) in [6.45, 7) is 1.89. The van der Waals surface area contributed by atoms with Crippen LogP contribution in [0.4, 0.5) is 0 Å². The minimum atomic E-state index is -0.483. The third-order valence-electron chi connectivity index (χ3n) is 6.16. The second kappa shape index (κ2) is 10.5. The molecule has 0 radical (unpaired) electrons. The van der Waals surface area contributed by atoms with Crippen molar-refractivity contribution in [2.75, 3.05) is 26.7 Å². The third-order valence-corrected chi connectivity index (χ3v) is 6.16. The summed E-state index contributed by atoms with van der Waals surface area (Å²) >= 11 is 0. The first-order chi connectivity index (χ1) is 16.9. The normalized spacial score (nSPS) is 11.5. The van der Waals surface area contributed by atoms with Crippen molar-refractivity contribution in [2.45, 2.75) is 12.5 Å². The van der Waals surface area contributed by atoms with E-state index in [9.17, 15) is 14.4 Å². The number of aromatic nitrogens is 4. The second-order valence-electron chi connectivity index (χ2n) is 8.54. The van der Waals surface area contributed by atoms with Gasteiger partial charge in [0, 0.05) is 33.7 Å². The molecule has 0 fully saturated rings. The Morgan fingerprint density at radius 3 is 2.14 bits per heavy atom. The van der Waals surface area contributed by atoms with E-state index in [-0.39, 0.29) is 18.1 Å². The van der Waals surface area contributed by atoms with E-state index < -0.39 is 11.6 Å². The Kier molecular flexibility index (Phi) is 7.26. The SMILES string of the molecule is CN(CCOC(=O)C(c1ccccc1)c1ccccc1)CCn1cnc2c1c(=O)n(C)c(=O)n2C. The van der Waals surface area contributed by atoms with Crippen LogP contribution in [0.15, 0.2) is 76.6 Å². The molecule has 4 rings (SSSR count). The molecule has 2 aromatic carbocycles. The molecule has 0 bridgehead atoms. The minimum Gasteiger partial charge on any atom is -0.464 e. The van der Waals surface area contributed by atoms with Crippen LogP contribution in [0.2, 0.25) is 0 Å². The van der Waals surface area contributed by atoms with E-state index in [1.807, 2.05) is 72.6 Å². The molecule has 9 heteroatoms.